The fourth-order valence-corrected chi connectivity index (χ4v) is 9.86. The van der Waals surface area contributed by atoms with Gasteiger partial charge in [-0.2, -0.15) is 4.98 Å². The standard InChI is InChI=1S/C42H51N4O8P/c1-28(2)39(47)43-37-23-25-46(40(48)44-37)38-26-34(53-55-45(4)36-14-10-11-24-41(36,3)54-55)35(52-38)27-51-42(29-12-8-7-9-13-29,30-15-19-32(49-5)20-16-30)31-17-21-33(50-6)22-18-31/h7-9,12-13,15-23,25,28,34-36,38H,10-11,14,24,26-27H2,1-6H3,(H,43,44,47,48)/t34-,35+,36+,38+,41+,55-/m0/s1. The van der Waals surface area contributed by atoms with E-state index in [1.54, 1.807) is 40.3 Å². The maximum absolute atomic E-state index is 13.5. The van der Waals surface area contributed by atoms with Crippen LogP contribution in [0.4, 0.5) is 5.82 Å². The first kappa shape index (κ1) is 39.1. The average molecular weight is 771 g/mol. The monoisotopic (exact) mass is 770 g/mol. The van der Waals surface area contributed by atoms with Crippen LogP contribution in [0, 0.1) is 5.92 Å². The number of hydrogen-bond acceptors (Lipinski definition) is 10. The first-order chi connectivity index (χ1) is 26.5. The number of carbonyl (C=O) groups is 1. The van der Waals surface area contributed by atoms with Crippen LogP contribution in [-0.2, 0) is 28.9 Å². The maximum atomic E-state index is 13.5. The summed E-state index contributed by atoms with van der Waals surface area (Å²) in [7, 11) is 3.95. The van der Waals surface area contributed by atoms with Crippen LogP contribution >= 0.6 is 8.53 Å². The number of likely N-dealkylation sites (N-methyl/N-ethyl adjacent to an activating group) is 1. The zero-order valence-corrected chi connectivity index (χ0v) is 33.2. The van der Waals surface area contributed by atoms with Crippen molar-refractivity contribution in [1.82, 2.24) is 14.2 Å². The highest BCUT2D eigenvalue weighted by Crippen LogP contribution is 2.60. The van der Waals surface area contributed by atoms with Crippen molar-refractivity contribution < 1.29 is 32.8 Å². The first-order valence-corrected chi connectivity index (χ1v) is 20.1. The molecule has 12 nitrogen and oxygen atoms in total. The van der Waals surface area contributed by atoms with Crippen LogP contribution in [0.25, 0.3) is 0 Å². The number of nitrogens with zero attached hydrogens (tertiary/aromatic N) is 3. The van der Waals surface area contributed by atoms with E-state index in [0.717, 1.165) is 53.9 Å². The Hall–Kier alpha value is -4.16. The third-order valence-electron chi connectivity index (χ3n) is 11.1. The molecule has 3 aliphatic rings. The Labute approximate surface area is 324 Å². The molecule has 55 heavy (non-hydrogen) atoms. The van der Waals surface area contributed by atoms with E-state index in [1.807, 2.05) is 66.7 Å². The van der Waals surface area contributed by atoms with Gasteiger partial charge in [-0.1, -0.05) is 81.3 Å². The van der Waals surface area contributed by atoms with Gasteiger partial charge in [0.1, 0.15) is 35.2 Å². The number of ether oxygens (including phenoxy) is 4. The van der Waals surface area contributed by atoms with Gasteiger partial charge >= 0.3 is 5.69 Å². The van der Waals surface area contributed by atoms with Crippen LogP contribution in [0.5, 0.6) is 11.5 Å². The van der Waals surface area contributed by atoms with Gasteiger partial charge in [-0.25, -0.2) is 9.46 Å². The van der Waals surface area contributed by atoms with Gasteiger partial charge in [0.2, 0.25) is 5.91 Å². The summed E-state index contributed by atoms with van der Waals surface area (Å²) >= 11 is 0. The van der Waals surface area contributed by atoms with Crippen molar-refractivity contribution in [2.24, 2.45) is 5.92 Å². The molecule has 1 N–H and O–H groups in total. The number of nitrogens with one attached hydrogen (secondary N) is 1. The summed E-state index contributed by atoms with van der Waals surface area (Å²) in [4.78, 5) is 30.0. The topological polar surface area (TPSA) is 123 Å². The predicted molar refractivity (Wildman–Crippen MR) is 210 cm³/mol. The van der Waals surface area contributed by atoms with Crippen LogP contribution < -0.4 is 20.5 Å². The van der Waals surface area contributed by atoms with Crippen molar-refractivity contribution in [3.05, 3.63) is 118 Å². The number of fused-ring (bicyclic) bond motifs is 1. The summed E-state index contributed by atoms with van der Waals surface area (Å²) in [6, 6.07) is 27.7. The van der Waals surface area contributed by atoms with Crippen LogP contribution in [0.1, 0.15) is 75.8 Å². The normalized spacial score (nSPS) is 25.5. The largest absolute Gasteiger partial charge is 0.497 e. The fourth-order valence-electron chi connectivity index (χ4n) is 7.93. The molecule has 1 saturated carbocycles. The van der Waals surface area contributed by atoms with Crippen LogP contribution in [0.3, 0.4) is 0 Å². The molecule has 3 heterocycles. The van der Waals surface area contributed by atoms with Crippen molar-refractivity contribution in [2.45, 2.75) is 88.6 Å². The third-order valence-corrected chi connectivity index (χ3v) is 12.9. The van der Waals surface area contributed by atoms with E-state index in [-0.39, 0.29) is 35.9 Å². The molecule has 7 rings (SSSR count). The molecule has 6 atom stereocenters. The van der Waals surface area contributed by atoms with Gasteiger partial charge in [-0.15, -0.1) is 0 Å². The van der Waals surface area contributed by atoms with Crippen molar-refractivity contribution in [3.63, 3.8) is 0 Å². The predicted octanol–water partition coefficient (Wildman–Crippen LogP) is 7.43. The van der Waals surface area contributed by atoms with Crippen molar-refractivity contribution in [1.29, 1.82) is 0 Å². The molecule has 13 heteroatoms. The highest BCUT2D eigenvalue weighted by Gasteiger charge is 2.53. The third kappa shape index (κ3) is 7.94. The number of amides is 1. The van der Waals surface area contributed by atoms with E-state index in [1.165, 1.54) is 4.57 Å². The Morgan fingerprint density at radius 3 is 2.18 bits per heavy atom. The molecule has 1 aromatic heterocycles. The van der Waals surface area contributed by atoms with Gasteiger partial charge in [0.15, 0.2) is 0 Å². The van der Waals surface area contributed by atoms with E-state index in [9.17, 15) is 9.59 Å². The molecule has 1 amide bonds. The zero-order valence-electron chi connectivity index (χ0n) is 32.3. The average Bonchev–Trinajstić information content (AvgIpc) is 3.71. The SMILES string of the molecule is COc1ccc(C(OC[C@H]2O[C@@H](n3ccc(NC(=O)C(C)C)nc3=O)C[C@@H]2O[P@@]2O[C@]3(C)CCCC[C@H]3N2C)(c2ccccc2)c2ccc(OC)cc2)cc1. The van der Waals surface area contributed by atoms with Crippen LogP contribution in [0.2, 0.25) is 0 Å². The van der Waals surface area contributed by atoms with Gasteiger partial charge in [0.25, 0.3) is 8.53 Å². The quantitative estimate of drug-likeness (QED) is 0.109. The lowest BCUT2D eigenvalue weighted by Crippen LogP contribution is -2.43. The molecule has 1 aliphatic carbocycles. The Balaban J connectivity index is 1.25. The zero-order chi connectivity index (χ0) is 38.7. The molecule has 2 saturated heterocycles. The summed E-state index contributed by atoms with van der Waals surface area (Å²) in [6.07, 6.45) is 4.47. The molecule has 3 fully saturated rings. The number of rotatable bonds is 13. The van der Waals surface area contributed by atoms with Crippen LogP contribution in [0.15, 0.2) is 95.9 Å². The van der Waals surface area contributed by atoms with Gasteiger partial charge in [0.05, 0.1) is 32.5 Å². The maximum Gasteiger partial charge on any atom is 0.351 e. The Morgan fingerprint density at radius 2 is 1.60 bits per heavy atom. The Kier molecular flexibility index (Phi) is 11.7. The van der Waals surface area contributed by atoms with Crippen molar-refractivity contribution >= 4 is 20.3 Å². The summed E-state index contributed by atoms with van der Waals surface area (Å²) < 4.78 is 42.4. The number of carbonyl (C=O) groups excluding carboxylic acids is 1. The van der Waals surface area contributed by atoms with Gasteiger partial charge in [-0.3, -0.25) is 9.36 Å². The number of anilines is 1. The molecule has 0 unspecified atom stereocenters. The van der Waals surface area contributed by atoms with Gasteiger partial charge < -0.3 is 33.3 Å². The summed E-state index contributed by atoms with van der Waals surface area (Å²) in [5, 5.41) is 2.71. The highest BCUT2D eigenvalue weighted by atomic mass is 31.2. The number of methoxy groups -OCH3 is 2. The second-order valence-corrected chi connectivity index (χ2v) is 16.4. The molecular formula is C42H51N4O8P. The lowest BCUT2D eigenvalue weighted by atomic mass is 9.80. The lowest BCUT2D eigenvalue weighted by Gasteiger charge is -2.37. The van der Waals surface area contributed by atoms with Crippen molar-refractivity contribution in [2.75, 3.05) is 33.2 Å². The molecule has 0 spiro atoms. The van der Waals surface area contributed by atoms with E-state index in [0.29, 0.717) is 6.42 Å². The molecule has 2 aliphatic heterocycles. The number of aromatic nitrogens is 2. The summed E-state index contributed by atoms with van der Waals surface area (Å²) in [5.74, 6) is 1.16. The van der Waals surface area contributed by atoms with E-state index < -0.39 is 38.3 Å². The summed E-state index contributed by atoms with van der Waals surface area (Å²) in [5.41, 5.74) is 0.769. The molecular weight excluding hydrogens is 719 g/mol. The second kappa shape index (κ2) is 16.5. The van der Waals surface area contributed by atoms with E-state index >= 15 is 0 Å². The summed E-state index contributed by atoms with van der Waals surface area (Å²) in [6.45, 7) is 5.86. The minimum absolute atomic E-state index is 0.104. The number of hydrogen-bond donors (Lipinski definition) is 1. The molecule has 4 aromatic rings. The van der Waals surface area contributed by atoms with E-state index in [2.05, 4.69) is 41.1 Å². The van der Waals surface area contributed by atoms with Crippen molar-refractivity contribution in [3.8, 4) is 11.5 Å². The molecule has 0 radical (unpaired) electrons. The minimum Gasteiger partial charge on any atom is -0.497 e. The first-order valence-electron chi connectivity index (χ1n) is 19.0. The fraction of sp³-hybridized carbons (Fsp3) is 0.452. The van der Waals surface area contributed by atoms with Gasteiger partial charge in [0, 0.05) is 24.6 Å². The van der Waals surface area contributed by atoms with E-state index in [4.69, 9.17) is 28.0 Å². The minimum atomic E-state index is -1.42. The molecule has 292 valence electrons. The lowest BCUT2D eigenvalue weighted by molar-refractivity contribution is -0.118. The van der Waals surface area contributed by atoms with Crippen LogP contribution in [-0.4, -0.2) is 71.9 Å². The number of benzene rings is 3. The highest BCUT2D eigenvalue weighted by molar-refractivity contribution is 7.45. The molecule has 3 aromatic carbocycles. The Morgan fingerprint density at radius 1 is 0.964 bits per heavy atom. The smallest absolute Gasteiger partial charge is 0.351 e. The second-order valence-electron chi connectivity index (χ2n) is 14.9. The molecule has 0 bridgehead atoms. The Bertz CT molecular complexity index is 1930. The van der Waals surface area contributed by atoms with Gasteiger partial charge in [-0.05, 0) is 73.8 Å².